The molecule has 0 aliphatic heterocycles. The van der Waals surface area contributed by atoms with Crippen LogP contribution in [0.2, 0.25) is 0 Å². The third-order valence-electron chi connectivity index (χ3n) is 2.81. The summed E-state index contributed by atoms with van der Waals surface area (Å²) in [6.45, 7) is 10.5. The zero-order valence-corrected chi connectivity index (χ0v) is 11.7. The van der Waals surface area contributed by atoms with Crippen molar-refractivity contribution >= 4 is 10.0 Å². The van der Waals surface area contributed by atoms with Crippen molar-refractivity contribution in [1.29, 1.82) is 0 Å². The van der Waals surface area contributed by atoms with Crippen LogP contribution in [0.1, 0.15) is 47.5 Å². The Labute approximate surface area is 94.7 Å². The van der Waals surface area contributed by atoms with Crippen LogP contribution in [0.15, 0.2) is 0 Å². The van der Waals surface area contributed by atoms with Gasteiger partial charge >= 0.3 is 0 Å². The summed E-state index contributed by atoms with van der Waals surface area (Å²) < 4.78 is 25.3. The molecule has 3 nitrogen and oxygen atoms in total. The van der Waals surface area contributed by atoms with Gasteiger partial charge in [-0.2, -0.15) is 0 Å². The average molecular weight is 235 g/mol. The lowest BCUT2D eigenvalue weighted by Crippen LogP contribution is -2.34. The first-order valence-electron chi connectivity index (χ1n) is 5.45. The van der Waals surface area contributed by atoms with Gasteiger partial charge in [0.2, 0.25) is 10.0 Å². The molecule has 0 rings (SSSR count). The normalized spacial score (nSPS) is 14.3. The molecule has 1 N–H and O–H groups in total. The average Bonchev–Trinajstić information content (AvgIpc) is 2.00. The largest absolute Gasteiger partial charge is 0.218 e. The molecule has 0 radical (unpaired) electrons. The fraction of sp³-hybridized carbons (Fsp3) is 1.00. The molecule has 0 aliphatic rings. The number of rotatable bonds is 6. The van der Waals surface area contributed by atoms with E-state index in [1.807, 2.05) is 13.8 Å². The smallest absolute Gasteiger partial charge is 0.211 e. The molecule has 15 heavy (non-hydrogen) atoms. The molecule has 0 heterocycles. The fourth-order valence-corrected chi connectivity index (χ4v) is 3.33. The van der Waals surface area contributed by atoms with Crippen LogP contribution in [-0.4, -0.2) is 21.2 Å². The first-order chi connectivity index (χ1) is 6.54. The van der Waals surface area contributed by atoms with E-state index in [9.17, 15) is 8.42 Å². The summed E-state index contributed by atoms with van der Waals surface area (Å²) in [5.41, 5.74) is 0.0219. The molecular formula is C11H25NO2S. The van der Waals surface area contributed by atoms with Crippen molar-refractivity contribution in [3.05, 3.63) is 0 Å². The summed E-state index contributed by atoms with van der Waals surface area (Å²) in [4.78, 5) is 0. The van der Waals surface area contributed by atoms with Crippen molar-refractivity contribution in [2.45, 2.75) is 47.5 Å². The van der Waals surface area contributed by atoms with Gasteiger partial charge in [0, 0.05) is 0 Å². The number of hydrogen-bond donors (Lipinski definition) is 1. The van der Waals surface area contributed by atoms with Crippen LogP contribution >= 0.6 is 0 Å². The second-order valence-electron chi connectivity index (χ2n) is 5.82. The second-order valence-corrected chi connectivity index (χ2v) is 7.75. The van der Waals surface area contributed by atoms with E-state index in [1.54, 1.807) is 0 Å². The molecule has 0 aromatic carbocycles. The molecule has 0 spiro atoms. The lowest BCUT2D eigenvalue weighted by atomic mass is 9.75. The van der Waals surface area contributed by atoms with Gasteiger partial charge in [-0.25, -0.2) is 13.1 Å². The van der Waals surface area contributed by atoms with Gasteiger partial charge in [0.15, 0.2) is 0 Å². The Balaban J connectivity index is 4.58. The van der Waals surface area contributed by atoms with Gasteiger partial charge in [-0.05, 0) is 24.3 Å². The summed E-state index contributed by atoms with van der Waals surface area (Å²) in [6.07, 6.45) is 1.98. The van der Waals surface area contributed by atoms with Crippen LogP contribution < -0.4 is 4.72 Å². The van der Waals surface area contributed by atoms with Crippen LogP contribution in [0.5, 0.6) is 0 Å². The SMILES string of the molecule is CCC(C)(C)CC(C)(C)CS(=O)(=O)NC. The van der Waals surface area contributed by atoms with Crippen molar-refractivity contribution in [2.24, 2.45) is 10.8 Å². The Hall–Kier alpha value is -0.0900. The fourth-order valence-electron chi connectivity index (χ4n) is 2.06. The van der Waals surface area contributed by atoms with E-state index in [1.165, 1.54) is 7.05 Å². The molecule has 0 saturated heterocycles. The van der Waals surface area contributed by atoms with E-state index in [4.69, 9.17) is 0 Å². The molecule has 0 aliphatic carbocycles. The van der Waals surface area contributed by atoms with Gasteiger partial charge in [0.05, 0.1) is 5.75 Å². The Morgan fingerprint density at radius 3 is 1.87 bits per heavy atom. The minimum atomic E-state index is -3.11. The van der Waals surface area contributed by atoms with E-state index in [0.717, 1.165) is 12.8 Å². The maximum absolute atomic E-state index is 11.5. The topological polar surface area (TPSA) is 46.2 Å². The summed E-state index contributed by atoms with van der Waals surface area (Å²) in [7, 11) is -1.64. The van der Waals surface area contributed by atoms with Crippen molar-refractivity contribution < 1.29 is 8.42 Å². The lowest BCUT2D eigenvalue weighted by molar-refractivity contribution is 0.208. The number of sulfonamides is 1. The highest BCUT2D eigenvalue weighted by atomic mass is 32.2. The van der Waals surface area contributed by atoms with Crippen molar-refractivity contribution in [3.8, 4) is 0 Å². The van der Waals surface area contributed by atoms with Crippen molar-refractivity contribution in [3.63, 3.8) is 0 Å². The molecule has 0 bridgehead atoms. The quantitative estimate of drug-likeness (QED) is 0.768. The molecule has 0 fully saturated rings. The van der Waals surface area contributed by atoms with E-state index < -0.39 is 10.0 Å². The van der Waals surface area contributed by atoms with E-state index >= 15 is 0 Å². The van der Waals surface area contributed by atoms with E-state index in [2.05, 4.69) is 25.5 Å². The zero-order chi connectivity index (χ0) is 12.3. The molecule has 0 atom stereocenters. The predicted octanol–water partition coefficient (Wildman–Crippen LogP) is 2.39. The first-order valence-corrected chi connectivity index (χ1v) is 7.10. The molecule has 92 valence electrons. The Morgan fingerprint density at radius 2 is 1.53 bits per heavy atom. The molecule has 0 amide bonds. The minimum Gasteiger partial charge on any atom is -0.218 e. The molecule has 0 aromatic heterocycles. The Morgan fingerprint density at radius 1 is 1.07 bits per heavy atom. The van der Waals surface area contributed by atoms with Gasteiger partial charge in [-0.1, -0.05) is 41.0 Å². The first kappa shape index (κ1) is 14.9. The maximum atomic E-state index is 11.5. The Kier molecular flexibility index (Phi) is 4.80. The second kappa shape index (κ2) is 4.83. The van der Waals surface area contributed by atoms with Crippen LogP contribution in [0.4, 0.5) is 0 Å². The number of nitrogens with one attached hydrogen (secondary N) is 1. The van der Waals surface area contributed by atoms with Crippen LogP contribution in [0.25, 0.3) is 0 Å². The zero-order valence-electron chi connectivity index (χ0n) is 10.8. The lowest BCUT2D eigenvalue weighted by Gasteiger charge is -2.33. The minimum absolute atomic E-state index is 0.179. The third kappa shape index (κ3) is 6.15. The van der Waals surface area contributed by atoms with Crippen LogP contribution in [0, 0.1) is 10.8 Å². The highest BCUT2D eigenvalue weighted by Gasteiger charge is 2.31. The third-order valence-corrected chi connectivity index (χ3v) is 4.59. The summed E-state index contributed by atoms with van der Waals surface area (Å²) in [6, 6.07) is 0. The van der Waals surface area contributed by atoms with Gasteiger partial charge in [-0.3, -0.25) is 0 Å². The highest BCUT2D eigenvalue weighted by molar-refractivity contribution is 7.89. The standard InChI is InChI=1S/C11H25NO2S/c1-7-10(2,3)8-11(4,5)9-15(13,14)12-6/h12H,7-9H2,1-6H3. The highest BCUT2D eigenvalue weighted by Crippen LogP contribution is 2.36. The Bertz CT molecular complexity index is 292. The van der Waals surface area contributed by atoms with Gasteiger partial charge in [0.25, 0.3) is 0 Å². The molecule has 4 heteroatoms. The number of hydrogen-bond acceptors (Lipinski definition) is 2. The molecule has 0 saturated carbocycles. The van der Waals surface area contributed by atoms with Gasteiger partial charge < -0.3 is 0 Å². The molecule has 0 unspecified atom stereocenters. The van der Waals surface area contributed by atoms with E-state index in [-0.39, 0.29) is 16.6 Å². The van der Waals surface area contributed by atoms with Crippen molar-refractivity contribution in [2.75, 3.05) is 12.8 Å². The summed E-state index contributed by atoms with van der Waals surface area (Å²) in [5, 5.41) is 0. The predicted molar refractivity (Wildman–Crippen MR) is 65.3 cm³/mol. The van der Waals surface area contributed by atoms with Gasteiger partial charge in [-0.15, -0.1) is 0 Å². The maximum Gasteiger partial charge on any atom is 0.211 e. The summed E-state index contributed by atoms with van der Waals surface area (Å²) >= 11 is 0. The van der Waals surface area contributed by atoms with E-state index in [0.29, 0.717) is 0 Å². The van der Waals surface area contributed by atoms with Gasteiger partial charge in [0.1, 0.15) is 0 Å². The monoisotopic (exact) mass is 235 g/mol. The molecule has 0 aromatic rings. The van der Waals surface area contributed by atoms with Crippen LogP contribution in [-0.2, 0) is 10.0 Å². The summed E-state index contributed by atoms with van der Waals surface area (Å²) in [5.74, 6) is 0.194. The van der Waals surface area contributed by atoms with Crippen LogP contribution in [0.3, 0.4) is 0 Å². The molecular weight excluding hydrogens is 210 g/mol. The van der Waals surface area contributed by atoms with Crippen molar-refractivity contribution in [1.82, 2.24) is 4.72 Å².